The van der Waals surface area contributed by atoms with E-state index >= 15 is 0 Å². The zero-order chi connectivity index (χ0) is 22.8. The van der Waals surface area contributed by atoms with Crippen molar-refractivity contribution in [3.63, 3.8) is 0 Å². The second-order valence-electron chi connectivity index (χ2n) is 6.51. The minimum Gasteiger partial charge on any atom is -0.479 e. The summed E-state index contributed by atoms with van der Waals surface area (Å²) in [6.07, 6.45) is 0.720. The van der Waals surface area contributed by atoms with Crippen molar-refractivity contribution in [3.8, 4) is 5.75 Å². The van der Waals surface area contributed by atoms with Crippen molar-refractivity contribution < 1.29 is 23.9 Å². The highest BCUT2D eigenvalue weighted by atomic mass is 79.9. The van der Waals surface area contributed by atoms with E-state index in [-0.39, 0.29) is 6.61 Å². The first-order valence-electron chi connectivity index (χ1n) is 9.63. The number of ether oxygens (including phenoxy) is 2. The first kappa shape index (κ1) is 24.1. The summed E-state index contributed by atoms with van der Waals surface area (Å²) in [7, 11) is 0. The second kappa shape index (κ2) is 11.8. The lowest BCUT2D eigenvalue weighted by Gasteiger charge is -2.13. The van der Waals surface area contributed by atoms with Crippen molar-refractivity contribution in [2.45, 2.75) is 26.9 Å². The molecule has 0 aromatic heterocycles. The SMILES string of the molecule is CCOC(=O)C(C)Oc1ccc(C=NNC(=O)C(C)C(=O)Nc2ccccc2Br)cc1. The summed E-state index contributed by atoms with van der Waals surface area (Å²) >= 11 is 3.34. The van der Waals surface area contributed by atoms with Gasteiger partial charge in [-0.3, -0.25) is 9.59 Å². The fourth-order valence-corrected chi connectivity index (χ4v) is 2.72. The number of hydrazone groups is 1. The summed E-state index contributed by atoms with van der Waals surface area (Å²) in [5.74, 6) is -1.86. The number of nitrogens with zero attached hydrogens (tertiary/aromatic N) is 1. The smallest absolute Gasteiger partial charge is 0.347 e. The summed E-state index contributed by atoms with van der Waals surface area (Å²) in [5, 5.41) is 6.58. The van der Waals surface area contributed by atoms with Gasteiger partial charge in [0.1, 0.15) is 11.7 Å². The van der Waals surface area contributed by atoms with E-state index in [1.54, 1.807) is 56.3 Å². The van der Waals surface area contributed by atoms with E-state index in [1.165, 1.54) is 13.1 Å². The number of amides is 2. The highest BCUT2D eigenvalue weighted by Gasteiger charge is 2.21. The molecule has 0 radical (unpaired) electrons. The maximum absolute atomic E-state index is 12.3. The molecule has 2 N–H and O–H groups in total. The predicted octanol–water partition coefficient (Wildman–Crippen LogP) is 3.50. The topological polar surface area (TPSA) is 106 Å². The molecule has 0 bridgehead atoms. The maximum Gasteiger partial charge on any atom is 0.347 e. The van der Waals surface area contributed by atoms with Crippen LogP contribution in [0.3, 0.4) is 0 Å². The number of para-hydroxylation sites is 1. The van der Waals surface area contributed by atoms with Crippen molar-refractivity contribution >= 4 is 45.6 Å². The third kappa shape index (κ3) is 7.53. The van der Waals surface area contributed by atoms with Gasteiger partial charge in [0.05, 0.1) is 18.5 Å². The number of esters is 1. The monoisotopic (exact) mass is 489 g/mol. The third-order valence-electron chi connectivity index (χ3n) is 4.12. The van der Waals surface area contributed by atoms with Crippen LogP contribution < -0.4 is 15.5 Å². The lowest BCUT2D eigenvalue weighted by Crippen LogP contribution is -2.34. The van der Waals surface area contributed by atoms with Gasteiger partial charge in [-0.2, -0.15) is 5.10 Å². The van der Waals surface area contributed by atoms with E-state index in [9.17, 15) is 14.4 Å². The van der Waals surface area contributed by atoms with Crippen molar-refractivity contribution in [3.05, 3.63) is 58.6 Å². The third-order valence-corrected chi connectivity index (χ3v) is 4.81. The van der Waals surface area contributed by atoms with Crippen LogP contribution in [-0.2, 0) is 19.1 Å². The van der Waals surface area contributed by atoms with Gasteiger partial charge in [-0.25, -0.2) is 10.2 Å². The van der Waals surface area contributed by atoms with E-state index in [0.717, 1.165) is 4.47 Å². The van der Waals surface area contributed by atoms with Gasteiger partial charge in [0, 0.05) is 4.47 Å². The van der Waals surface area contributed by atoms with Gasteiger partial charge in [-0.15, -0.1) is 0 Å². The molecule has 8 nitrogen and oxygen atoms in total. The van der Waals surface area contributed by atoms with Crippen LogP contribution in [0.4, 0.5) is 5.69 Å². The molecule has 9 heteroatoms. The Balaban J connectivity index is 1.85. The Labute approximate surface area is 189 Å². The minimum absolute atomic E-state index is 0.289. The second-order valence-corrected chi connectivity index (χ2v) is 7.36. The summed E-state index contributed by atoms with van der Waals surface area (Å²) in [6.45, 7) is 5.12. The standard InChI is InChI=1S/C22H24BrN3O5/c1-4-30-22(29)15(3)31-17-11-9-16(10-12-17)13-24-26-21(28)14(2)20(27)25-19-8-6-5-7-18(19)23/h5-15H,4H2,1-3H3,(H,25,27)(H,26,28). The number of anilines is 1. The fourth-order valence-electron chi connectivity index (χ4n) is 2.33. The number of halogens is 1. The molecule has 2 unspecified atom stereocenters. The summed E-state index contributed by atoms with van der Waals surface area (Å²) in [5.41, 5.74) is 3.63. The molecule has 0 spiro atoms. The molecule has 0 saturated carbocycles. The Morgan fingerprint density at radius 2 is 1.74 bits per heavy atom. The van der Waals surface area contributed by atoms with E-state index in [4.69, 9.17) is 9.47 Å². The summed E-state index contributed by atoms with van der Waals surface area (Å²) < 4.78 is 11.1. The Morgan fingerprint density at radius 3 is 2.39 bits per heavy atom. The molecule has 0 aliphatic heterocycles. The first-order chi connectivity index (χ1) is 14.8. The molecule has 2 rings (SSSR count). The van der Waals surface area contributed by atoms with E-state index in [1.807, 2.05) is 6.07 Å². The lowest BCUT2D eigenvalue weighted by atomic mass is 10.1. The number of hydrogen-bond donors (Lipinski definition) is 2. The van der Waals surface area contributed by atoms with Gasteiger partial charge in [0.25, 0.3) is 5.91 Å². The maximum atomic E-state index is 12.3. The highest BCUT2D eigenvalue weighted by Crippen LogP contribution is 2.21. The van der Waals surface area contributed by atoms with Gasteiger partial charge < -0.3 is 14.8 Å². The van der Waals surface area contributed by atoms with E-state index < -0.39 is 29.8 Å². The van der Waals surface area contributed by atoms with Crippen LogP contribution in [0.15, 0.2) is 58.1 Å². The Bertz CT molecular complexity index is 946. The lowest BCUT2D eigenvalue weighted by molar-refractivity contribution is -0.150. The van der Waals surface area contributed by atoms with Gasteiger partial charge in [-0.05, 0) is 78.7 Å². The Morgan fingerprint density at radius 1 is 1.06 bits per heavy atom. The molecular formula is C22H24BrN3O5. The molecule has 2 aromatic rings. The van der Waals surface area contributed by atoms with Crippen LogP contribution >= 0.6 is 15.9 Å². The largest absolute Gasteiger partial charge is 0.479 e. The summed E-state index contributed by atoms with van der Waals surface area (Å²) in [6, 6.07) is 13.9. The van der Waals surface area contributed by atoms with Crippen LogP contribution in [0, 0.1) is 5.92 Å². The molecule has 0 heterocycles. The van der Waals surface area contributed by atoms with Crippen LogP contribution in [0.25, 0.3) is 0 Å². The van der Waals surface area contributed by atoms with Crippen molar-refractivity contribution in [2.24, 2.45) is 11.0 Å². The number of carbonyl (C=O) groups excluding carboxylic acids is 3. The quantitative estimate of drug-likeness (QED) is 0.242. The Kier molecular flexibility index (Phi) is 9.20. The molecule has 2 amide bonds. The molecule has 0 saturated heterocycles. The van der Waals surface area contributed by atoms with Crippen molar-refractivity contribution in [1.82, 2.24) is 5.43 Å². The van der Waals surface area contributed by atoms with Crippen LogP contribution in [0.1, 0.15) is 26.3 Å². The number of benzene rings is 2. The Hall–Kier alpha value is -3.20. The first-order valence-corrected chi connectivity index (χ1v) is 10.4. The van der Waals surface area contributed by atoms with Crippen LogP contribution in [0.2, 0.25) is 0 Å². The van der Waals surface area contributed by atoms with Gasteiger partial charge in [0.2, 0.25) is 5.91 Å². The van der Waals surface area contributed by atoms with Gasteiger partial charge in [0.15, 0.2) is 6.10 Å². The molecule has 31 heavy (non-hydrogen) atoms. The van der Waals surface area contributed by atoms with E-state index in [2.05, 4.69) is 31.8 Å². The van der Waals surface area contributed by atoms with Crippen LogP contribution in [0.5, 0.6) is 5.75 Å². The average Bonchev–Trinajstić information content (AvgIpc) is 2.76. The minimum atomic E-state index is -0.940. The van der Waals surface area contributed by atoms with Gasteiger partial charge >= 0.3 is 5.97 Å². The van der Waals surface area contributed by atoms with E-state index in [0.29, 0.717) is 17.0 Å². The van der Waals surface area contributed by atoms with Crippen LogP contribution in [-0.4, -0.2) is 36.7 Å². The number of rotatable bonds is 9. The zero-order valence-corrected chi connectivity index (χ0v) is 19.0. The molecule has 2 aromatic carbocycles. The average molecular weight is 490 g/mol. The fraction of sp³-hybridized carbons (Fsp3) is 0.273. The van der Waals surface area contributed by atoms with Crippen molar-refractivity contribution in [1.29, 1.82) is 0 Å². The van der Waals surface area contributed by atoms with Crippen molar-refractivity contribution in [2.75, 3.05) is 11.9 Å². The molecule has 0 fully saturated rings. The number of carbonyl (C=O) groups is 3. The number of nitrogens with one attached hydrogen (secondary N) is 2. The molecule has 2 atom stereocenters. The highest BCUT2D eigenvalue weighted by molar-refractivity contribution is 9.10. The normalized spacial score (nSPS) is 12.6. The zero-order valence-electron chi connectivity index (χ0n) is 17.4. The molecule has 164 valence electrons. The molecule has 0 aliphatic carbocycles. The van der Waals surface area contributed by atoms with Gasteiger partial charge in [-0.1, -0.05) is 12.1 Å². The number of hydrogen-bond acceptors (Lipinski definition) is 6. The molecule has 0 aliphatic rings. The predicted molar refractivity (Wildman–Crippen MR) is 121 cm³/mol. The molecular weight excluding hydrogens is 466 g/mol. The summed E-state index contributed by atoms with van der Waals surface area (Å²) in [4.78, 5) is 36.0.